The first kappa shape index (κ1) is 12.6. The summed E-state index contributed by atoms with van der Waals surface area (Å²) in [6.45, 7) is 6.78. The van der Waals surface area contributed by atoms with Crippen LogP contribution in [0.15, 0.2) is 17.0 Å². The van der Waals surface area contributed by atoms with Gasteiger partial charge in [0.25, 0.3) is 0 Å². The average molecular weight is 222 g/mol. The summed E-state index contributed by atoms with van der Waals surface area (Å²) < 4.78 is 0. The molecule has 0 aliphatic rings. The van der Waals surface area contributed by atoms with Crippen molar-refractivity contribution in [1.29, 1.82) is 0 Å². The standard InChI is InChI=1S/C14H22S/c1-5-7-12-11(3)9-10-14(15-4)13(12)8-6-2/h9-10H,5-8H2,1-4H3. The smallest absolute Gasteiger partial charge is 0.0104 e. The third-order valence-corrected chi connectivity index (χ3v) is 3.66. The van der Waals surface area contributed by atoms with Crippen LogP contribution in [-0.2, 0) is 12.8 Å². The molecule has 0 aliphatic carbocycles. The fourth-order valence-corrected chi connectivity index (χ4v) is 2.78. The molecule has 15 heavy (non-hydrogen) atoms. The van der Waals surface area contributed by atoms with Gasteiger partial charge in [-0.25, -0.2) is 0 Å². The fourth-order valence-electron chi connectivity index (χ4n) is 2.10. The van der Waals surface area contributed by atoms with Crippen molar-refractivity contribution >= 4 is 11.8 Å². The molecule has 0 spiro atoms. The molecule has 1 rings (SSSR count). The van der Waals surface area contributed by atoms with Gasteiger partial charge >= 0.3 is 0 Å². The van der Waals surface area contributed by atoms with Crippen LogP contribution in [0.2, 0.25) is 0 Å². The van der Waals surface area contributed by atoms with E-state index in [-0.39, 0.29) is 0 Å². The lowest BCUT2D eigenvalue weighted by Gasteiger charge is -2.15. The highest BCUT2D eigenvalue weighted by molar-refractivity contribution is 7.98. The van der Waals surface area contributed by atoms with Gasteiger partial charge in [0.15, 0.2) is 0 Å². The molecule has 0 N–H and O–H groups in total. The maximum atomic E-state index is 2.28. The number of rotatable bonds is 5. The van der Waals surface area contributed by atoms with Gasteiger partial charge < -0.3 is 0 Å². The SMILES string of the molecule is CCCc1c(C)ccc(SC)c1CCC. The zero-order valence-corrected chi connectivity index (χ0v) is 11.2. The number of thioether (sulfide) groups is 1. The molecule has 0 heterocycles. The Morgan fingerprint density at radius 1 is 1.00 bits per heavy atom. The van der Waals surface area contributed by atoms with E-state index >= 15 is 0 Å². The molecule has 1 heteroatoms. The Morgan fingerprint density at radius 2 is 1.60 bits per heavy atom. The van der Waals surface area contributed by atoms with E-state index in [4.69, 9.17) is 0 Å². The monoisotopic (exact) mass is 222 g/mol. The van der Waals surface area contributed by atoms with Crippen molar-refractivity contribution in [3.8, 4) is 0 Å². The van der Waals surface area contributed by atoms with Crippen molar-refractivity contribution in [3.63, 3.8) is 0 Å². The molecule has 1 aromatic carbocycles. The van der Waals surface area contributed by atoms with Crippen molar-refractivity contribution in [3.05, 3.63) is 28.8 Å². The summed E-state index contributed by atoms with van der Waals surface area (Å²) in [6.07, 6.45) is 7.13. The maximum Gasteiger partial charge on any atom is 0.0104 e. The van der Waals surface area contributed by atoms with Crippen molar-refractivity contribution in [2.45, 2.75) is 51.3 Å². The predicted molar refractivity (Wildman–Crippen MR) is 71.0 cm³/mol. The molecular weight excluding hydrogens is 200 g/mol. The first-order valence-corrected chi connectivity index (χ1v) is 7.12. The first-order chi connectivity index (χ1) is 7.24. The molecule has 0 nitrogen and oxygen atoms in total. The predicted octanol–water partition coefficient (Wildman–Crippen LogP) is 4.62. The molecule has 0 aromatic heterocycles. The summed E-state index contributed by atoms with van der Waals surface area (Å²) >= 11 is 1.88. The van der Waals surface area contributed by atoms with E-state index in [1.807, 2.05) is 11.8 Å². The van der Waals surface area contributed by atoms with Gasteiger partial charge in [0.05, 0.1) is 0 Å². The molecule has 0 atom stereocenters. The van der Waals surface area contributed by atoms with Crippen LogP contribution in [0.25, 0.3) is 0 Å². The first-order valence-electron chi connectivity index (χ1n) is 5.89. The van der Waals surface area contributed by atoms with E-state index in [1.165, 1.54) is 36.1 Å². The van der Waals surface area contributed by atoms with Crippen LogP contribution < -0.4 is 0 Å². The molecule has 0 unspecified atom stereocenters. The fraction of sp³-hybridized carbons (Fsp3) is 0.571. The van der Waals surface area contributed by atoms with Gasteiger partial charge in [-0.2, -0.15) is 0 Å². The van der Waals surface area contributed by atoms with Crippen LogP contribution in [0.4, 0.5) is 0 Å². The molecule has 0 saturated heterocycles. The van der Waals surface area contributed by atoms with E-state index in [0.717, 1.165) is 0 Å². The van der Waals surface area contributed by atoms with Crippen LogP contribution in [-0.4, -0.2) is 6.26 Å². The van der Waals surface area contributed by atoms with Gasteiger partial charge in [-0.05, 0) is 48.8 Å². The minimum Gasteiger partial charge on any atom is -0.129 e. The minimum atomic E-state index is 1.23. The number of hydrogen-bond acceptors (Lipinski definition) is 1. The van der Waals surface area contributed by atoms with Gasteiger partial charge in [-0.3, -0.25) is 0 Å². The zero-order chi connectivity index (χ0) is 11.3. The van der Waals surface area contributed by atoms with Crippen LogP contribution in [0, 0.1) is 6.92 Å². The van der Waals surface area contributed by atoms with E-state index in [0.29, 0.717) is 0 Å². The summed E-state index contributed by atoms with van der Waals surface area (Å²) in [4.78, 5) is 1.48. The van der Waals surface area contributed by atoms with Gasteiger partial charge in [0.1, 0.15) is 0 Å². The lowest BCUT2D eigenvalue weighted by molar-refractivity contribution is 0.836. The Bertz CT molecular complexity index is 315. The van der Waals surface area contributed by atoms with E-state index in [9.17, 15) is 0 Å². The van der Waals surface area contributed by atoms with E-state index in [2.05, 4.69) is 39.2 Å². The Kier molecular flexibility index (Phi) is 5.24. The second-order valence-corrected chi connectivity index (χ2v) is 4.89. The maximum absolute atomic E-state index is 2.28. The molecule has 0 bridgehead atoms. The van der Waals surface area contributed by atoms with Crippen LogP contribution >= 0.6 is 11.8 Å². The topological polar surface area (TPSA) is 0 Å². The largest absolute Gasteiger partial charge is 0.129 e. The molecule has 0 amide bonds. The number of hydrogen-bond donors (Lipinski definition) is 0. The van der Waals surface area contributed by atoms with Crippen molar-refractivity contribution in [2.75, 3.05) is 6.26 Å². The molecule has 1 aromatic rings. The van der Waals surface area contributed by atoms with Gasteiger partial charge in [0, 0.05) is 4.90 Å². The molecule has 0 aliphatic heterocycles. The van der Waals surface area contributed by atoms with E-state index < -0.39 is 0 Å². The average Bonchev–Trinajstić information content (AvgIpc) is 2.24. The van der Waals surface area contributed by atoms with Crippen molar-refractivity contribution in [1.82, 2.24) is 0 Å². The summed E-state index contributed by atoms with van der Waals surface area (Å²) in [5.41, 5.74) is 4.68. The second kappa shape index (κ2) is 6.22. The minimum absolute atomic E-state index is 1.23. The van der Waals surface area contributed by atoms with Crippen LogP contribution in [0.3, 0.4) is 0 Å². The van der Waals surface area contributed by atoms with Crippen molar-refractivity contribution in [2.24, 2.45) is 0 Å². The van der Waals surface area contributed by atoms with Crippen LogP contribution in [0.5, 0.6) is 0 Å². The molecule has 84 valence electrons. The lowest BCUT2D eigenvalue weighted by Crippen LogP contribution is -1.99. The third-order valence-electron chi connectivity index (χ3n) is 2.84. The normalized spacial score (nSPS) is 10.7. The number of aryl methyl sites for hydroxylation is 1. The summed E-state index contributed by atoms with van der Waals surface area (Å²) in [5.74, 6) is 0. The highest BCUT2D eigenvalue weighted by atomic mass is 32.2. The van der Waals surface area contributed by atoms with Gasteiger partial charge in [-0.15, -0.1) is 11.8 Å². The molecular formula is C14H22S. The summed E-state index contributed by atoms with van der Waals surface area (Å²) in [6, 6.07) is 4.56. The van der Waals surface area contributed by atoms with Crippen molar-refractivity contribution < 1.29 is 0 Å². The zero-order valence-electron chi connectivity index (χ0n) is 10.4. The third kappa shape index (κ3) is 3.01. The quantitative estimate of drug-likeness (QED) is 0.655. The Labute approximate surface area is 98.5 Å². The Hall–Kier alpha value is -0.430. The highest BCUT2D eigenvalue weighted by Crippen LogP contribution is 2.28. The second-order valence-electron chi connectivity index (χ2n) is 4.04. The number of benzene rings is 1. The summed E-state index contributed by atoms with van der Waals surface area (Å²) in [7, 11) is 0. The van der Waals surface area contributed by atoms with Gasteiger partial charge in [-0.1, -0.05) is 32.8 Å². The summed E-state index contributed by atoms with van der Waals surface area (Å²) in [5, 5.41) is 0. The van der Waals surface area contributed by atoms with E-state index in [1.54, 1.807) is 11.1 Å². The molecule has 0 fully saturated rings. The molecule has 0 saturated carbocycles. The lowest BCUT2D eigenvalue weighted by atomic mass is 9.95. The Morgan fingerprint density at radius 3 is 2.13 bits per heavy atom. The highest BCUT2D eigenvalue weighted by Gasteiger charge is 2.09. The van der Waals surface area contributed by atoms with Gasteiger partial charge in [0.2, 0.25) is 0 Å². The molecule has 0 radical (unpaired) electrons. The Balaban J connectivity index is 3.17. The van der Waals surface area contributed by atoms with Crippen LogP contribution in [0.1, 0.15) is 43.4 Å².